The highest BCUT2D eigenvalue weighted by Crippen LogP contribution is 2.23. The van der Waals surface area contributed by atoms with E-state index in [0.29, 0.717) is 24.6 Å². The van der Waals surface area contributed by atoms with Gasteiger partial charge in [-0.2, -0.15) is 0 Å². The number of benzene rings is 1. The molecule has 0 bridgehead atoms. The highest BCUT2D eigenvalue weighted by molar-refractivity contribution is 14.0. The van der Waals surface area contributed by atoms with E-state index in [4.69, 9.17) is 4.74 Å². The molecule has 2 rings (SSSR count). The molecule has 2 aromatic rings. The molecule has 0 fully saturated rings. The lowest BCUT2D eigenvalue weighted by Crippen LogP contribution is -2.39. The number of phenolic OH excluding ortho intramolecular Hbond substituents is 1. The van der Waals surface area contributed by atoms with E-state index in [1.165, 1.54) is 4.88 Å². The minimum Gasteiger partial charge on any atom is -0.508 e. The third kappa shape index (κ3) is 6.74. The Kier molecular flexibility index (Phi) is 9.66. The summed E-state index contributed by atoms with van der Waals surface area (Å²) < 4.78 is 5.09. The smallest absolute Gasteiger partial charge is 0.191 e. The van der Waals surface area contributed by atoms with Gasteiger partial charge in [0.25, 0.3) is 0 Å². The van der Waals surface area contributed by atoms with Gasteiger partial charge in [-0.1, -0.05) is 19.1 Å². The molecular weight excluding hydrogens is 449 g/mol. The number of nitrogens with zero attached hydrogens (tertiary/aromatic N) is 1. The van der Waals surface area contributed by atoms with Gasteiger partial charge in [-0.25, -0.2) is 0 Å². The molecule has 5 nitrogen and oxygen atoms in total. The van der Waals surface area contributed by atoms with Gasteiger partial charge in [0.2, 0.25) is 0 Å². The predicted molar refractivity (Wildman–Crippen MR) is 116 cm³/mol. The summed E-state index contributed by atoms with van der Waals surface area (Å²) in [6.45, 7) is 3.71. The normalized spacial score (nSPS) is 12.2. The average Bonchev–Trinajstić information content (AvgIpc) is 3.13. The topological polar surface area (TPSA) is 65.9 Å². The number of thiophene rings is 1. The van der Waals surface area contributed by atoms with Gasteiger partial charge >= 0.3 is 0 Å². The Morgan fingerprint density at radius 1 is 1.32 bits per heavy atom. The summed E-state index contributed by atoms with van der Waals surface area (Å²) in [5, 5.41) is 18.7. The van der Waals surface area contributed by atoms with Crippen molar-refractivity contribution < 1.29 is 9.84 Å². The largest absolute Gasteiger partial charge is 0.508 e. The molecule has 0 amide bonds. The van der Waals surface area contributed by atoms with E-state index in [1.807, 2.05) is 12.1 Å². The second kappa shape index (κ2) is 11.2. The van der Waals surface area contributed by atoms with Gasteiger partial charge in [0.1, 0.15) is 11.5 Å². The first-order chi connectivity index (χ1) is 11.6. The van der Waals surface area contributed by atoms with Crippen molar-refractivity contribution in [3.05, 3.63) is 46.2 Å². The number of aliphatic imine (C=N–C) groups is 1. The minimum absolute atomic E-state index is 0. The van der Waals surface area contributed by atoms with Crippen LogP contribution in [-0.2, 0) is 6.42 Å². The summed E-state index contributed by atoms with van der Waals surface area (Å²) in [5.74, 6) is 2.12. The van der Waals surface area contributed by atoms with Gasteiger partial charge in [-0.15, -0.1) is 35.3 Å². The third-order valence-corrected chi connectivity index (χ3v) is 4.91. The van der Waals surface area contributed by atoms with Crippen LogP contribution in [0.15, 0.2) is 40.7 Å². The van der Waals surface area contributed by atoms with Crippen LogP contribution >= 0.6 is 35.3 Å². The van der Waals surface area contributed by atoms with Crippen LogP contribution in [0.2, 0.25) is 0 Å². The lowest BCUT2D eigenvalue weighted by atomic mass is 10.1. The number of hydrogen-bond donors (Lipinski definition) is 3. The van der Waals surface area contributed by atoms with Crippen molar-refractivity contribution in [2.24, 2.45) is 4.99 Å². The maximum absolute atomic E-state index is 9.97. The van der Waals surface area contributed by atoms with Crippen LogP contribution in [0.5, 0.6) is 11.5 Å². The Morgan fingerprint density at radius 2 is 2.12 bits per heavy atom. The number of methoxy groups -OCH3 is 1. The van der Waals surface area contributed by atoms with Gasteiger partial charge in [0, 0.05) is 37.0 Å². The third-order valence-electron chi connectivity index (χ3n) is 3.81. The fraction of sp³-hybridized carbons (Fsp3) is 0.389. The van der Waals surface area contributed by atoms with Gasteiger partial charge in [0.05, 0.1) is 7.11 Å². The fourth-order valence-corrected chi connectivity index (χ4v) is 3.13. The Bertz CT molecular complexity index is 662. The van der Waals surface area contributed by atoms with Crippen molar-refractivity contribution >= 4 is 41.3 Å². The molecule has 0 spiro atoms. The Morgan fingerprint density at radius 3 is 2.72 bits per heavy atom. The molecule has 0 radical (unpaired) electrons. The molecule has 1 aromatic carbocycles. The number of guanidine groups is 1. The maximum atomic E-state index is 9.97. The zero-order valence-electron chi connectivity index (χ0n) is 14.8. The van der Waals surface area contributed by atoms with E-state index in [1.54, 1.807) is 31.6 Å². The van der Waals surface area contributed by atoms with E-state index in [-0.39, 0.29) is 29.7 Å². The first-order valence-corrected chi connectivity index (χ1v) is 8.85. The van der Waals surface area contributed by atoms with Gasteiger partial charge in [0.15, 0.2) is 5.96 Å². The van der Waals surface area contributed by atoms with Crippen LogP contribution in [0.3, 0.4) is 0 Å². The van der Waals surface area contributed by atoms with Crippen molar-refractivity contribution in [1.29, 1.82) is 0 Å². The average molecular weight is 475 g/mol. The highest BCUT2D eigenvalue weighted by atomic mass is 127. The van der Waals surface area contributed by atoms with E-state index >= 15 is 0 Å². The first kappa shape index (κ1) is 21.6. The number of ether oxygens (including phenoxy) is 1. The number of rotatable bonds is 7. The molecule has 0 aliphatic carbocycles. The summed E-state index contributed by atoms with van der Waals surface area (Å²) in [7, 11) is 3.35. The van der Waals surface area contributed by atoms with Gasteiger partial charge in [-0.05, 0) is 29.5 Å². The standard InChI is InChI=1S/C18H25N3O2S.HI/c1-13(17-5-4-10-24-17)12-21-18(19-2)20-9-8-14-6-7-15(23-3)11-16(14)22;/h4-7,10-11,13,22H,8-9,12H2,1-3H3,(H2,19,20,21);1H. The summed E-state index contributed by atoms with van der Waals surface area (Å²) in [6.07, 6.45) is 0.705. The first-order valence-electron chi connectivity index (χ1n) is 7.97. The molecule has 1 heterocycles. The predicted octanol–water partition coefficient (Wildman–Crippen LogP) is 3.59. The molecule has 0 saturated heterocycles. The molecule has 1 aromatic heterocycles. The zero-order chi connectivity index (χ0) is 17.4. The summed E-state index contributed by atoms with van der Waals surface area (Å²) in [5.41, 5.74) is 0.880. The highest BCUT2D eigenvalue weighted by Gasteiger charge is 2.08. The number of aromatic hydroxyl groups is 1. The van der Waals surface area contributed by atoms with Crippen molar-refractivity contribution in [1.82, 2.24) is 10.6 Å². The monoisotopic (exact) mass is 475 g/mol. The summed E-state index contributed by atoms with van der Waals surface area (Å²) in [4.78, 5) is 5.60. The molecular formula is C18H26IN3O2S. The number of halogens is 1. The maximum Gasteiger partial charge on any atom is 0.191 e. The van der Waals surface area contributed by atoms with E-state index in [2.05, 4.69) is 40.1 Å². The second-order valence-corrected chi connectivity index (χ2v) is 6.52. The fourth-order valence-electron chi connectivity index (χ4n) is 2.34. The number of nitrogens with one attached hydrogen (secondary N) is 2. The molecule has 0 saturated carbocycles. The molecule has 0 aliphatic rings. The van der Waals surface area contributed by atoms with Crippen LogP contribution in [-0.4, -0.2) is 38.3 Å². The second-order valence-electron chi connectivity index (χ2n) is 5.54. The van der Waals surface area contributed by atoms with Gasteiger partial charge < -0.3 is 20.5 Å². The van der Waals surface area contributed by atoms with E-state index in [0.717, 1.165) is 18.1 Å². The zero-order valence-corrected chi connectivity index (χ0v) is 17.9. The molecule has 0 aliphatic heterocycles. The molecule has 25 heavy (non-hydrogen) atoms. The molecule has 3 N–H and O–H groups in total. The Labute approximate surface area is 170 Å². The quantitative estimate of drug-likeness (QED) is 0.326. The van der Waals surface area contributed by atoms with Crippen LogP contribution in [0.4, 0.5) is 0 Å². The Hall–Kier alpha value is -1.48. The van der Waals surface area contributed by atoms with Gasteiger partial charge in [-0.3, -0.25) is 4.99 Å². The van der Waals surface area contributed by atoms with Crippen molar-refractivity contribution in [2.45, 2.75) is 19.3 Å². The van der Waals surface area contributed by atoms with Crippen LogP contribution < -0.4 is 15.4 Å². The van der Waals surface area contributed by atoms with Crippen molar-refractivity contribution in [3.8, 4) is 11.5 Å². The number of hydrogen-bond acceptors (Lipinski definition) is 4. The SMILES string of the molecule is CN=C(NCCc1ccc(OC)cc1O)NCC(C)c1cccs1.I. The van der Waals surface area contributed by atoms with Crippen LogP contribution in [0, 0.1) is 0 Å². The van der Waals surface area contributed by atoms with Crippen molar-refractivity contribution in [3.63, 3.8) is 0 Å². The summed E-state index contributed by atoms with van der Waals surface area (Å²) in [6, 6.07) is 9.59. The Balaban J connectivity index is 0.00000312. The number of phenols is 1. The lowest BCUT2D eigenvalue weighted by molar-refractivity contribution is 0.406. The lowest BCUT2D eigenvalue weighted by Gasteiger charge is -2.15. The molecule has 7 heteroatoms. The van der Waals surface area contributed by atoms with E-state index in [9.17, 15) is 5.11 Å². The minimum atomic E-state index is 0. The van der Waals surface area contributed by atoms with Crippen LogP contribution in [0.25, 0.3) is 0 Å². The molecule has 1 atom stereocenters. The van der Waals surface area contributed by atoms with Crippen molar-refractivity contribution in [2.75, 3.05) is 27.2 Å². The van der Waals surface area contributed by atoms with E-state index < -0.39 is 0 Å². The summed E-state index contributed by atoms with van der Waals surface area (Å²) >= 11 is 1.77. The molecule has 1 unspecified atom stereocenters. The van der Waals surface area contributed by atoms with Crippen LogP contribution in [0.1, 0.15) is 23.3 Å². The molecule has 138 valence electrons.